The van der Waals surface area contributed by atoms with E-state index in [4.69, 9.17) is 5.11 Å². The molecule has 70 valence electrons. The predicted octanol–water partition coefficient (Wildman–Crippen LogP) is -1.28. The first-order chi connectivity index (χ1) is 6.08. The lowest BCUT2D eigenvalue weighted by molar-refractivity contribution is -0.138. The number of rotatable bonds is 3. The van der Waals surface area contributed by atoms with Crippen LogP contribution in [0.25, 0.3) is 0 Å². The van der Waals surface area contributed by atoms with Crippen molar-refractivity contribution in [2.45, 2.75) is 13.5 Å². The average molecular weight is 185 g/mol. The van der Waals surface area contributed by atoms with Crippen LogP contribution in [0.1, 0.15) is 6.92 Å². The highest BCUT2D eigenvalue weighted by Crippen LogP contribution is 1.92. The van der Waals surface area contributed by atoms with Gasteiger partial charge >= 0.3 is 5.97 Å². The van der Waals surface area contributed by atoms with Gasteiger partial charge in [0.15, 0.2) is 6.54 Å². The Balaban J connectivity index is 2.63. The van der Waals surface area contributed by atoms with Gasteiger partial charge in [-0.1, -0.05) is 5.10 Å². The Hall–Kier alpha value is -1.99. The van der Waals surface area contributed by atoms with Gasteiger partial charge in [-0.2, -0.15) is 4.80 Å². The van der Waals surface area contributed by atoms with Crippen molar-refractivity contribution in [1.29, 1.82) is 0 Å². The van der Waals surface area contributed by atoms with E-state index < -0.39 is 5.97 Å². The number of nitrogens with one attached hydrogen (secondary N) is 1. The van der Waals surface area contributed by atoms with Gasteiger partial charge in [-0.25, -0.2) is 0 Å². The van der Waals surface area contributed by atoms with Gasteiger partial charge in [0.2, 0.25) is 5.91 Å². The molecule has 0 aliphatic rings. The largest absolute Gasteiger partial charge is 0.480 e. The van der Waals surface area contributed by atoms with Crippen LogP contribution in [0.5, 0.6) is 0 Å². The van der Waals surface area contributed by atoms with E-state index >= 15 is 0 Å². The summed E-state index contributed by atoms with van der Waals surface area (Å²) in [6.45, 7) is 0.907. The van der Waals surface area contributed by atoms with E-state index in [1.54, 1.807) is 0 Å². The third-order valence-electron chi connectivity index (χ3n) is 1.02. The normalized spacial score (nSPS) is 9.62. The second-order valence-corrected chi connectivity index (χ2v) is 2.22. The zero-order chi connectivity index (χ0) is 9.84. The third kappa shape index (κ3) is 2.85. The molecule has 1 heterocycles. The topological polar surface area (TPSA) is 110 Å². The summed E-state index contributed by atoms with van der Waals surface area (Å²) in [5.74, 6) is -1.42. The Morgan fingerprint density at radius 3 is 2.85 bits per heavy atom. The quantitative estimate of drug-likeness (QED) is 0.606. The second-order valence-electron chi connectivity index (χ2n) is 2.22. The number of aliphatic carboxylic acids is 1. The van der Waals surface area contributed by atoms with Crippen molar-refractivity contribution >= 4 is 17.8 Å². The first-order valence-corrected chi connectivity index (χ1v) is 3.35. The lowest BCUT2D eigenvalue weighted by Crippen LogP contribution is -2.12. The molecule has 0 aliphatic heterocycles. The monoisotopic (exact) mass is 185 g/mol. The van der Waals surface area contributed by atoms with Crippen molar-refractivity contribution in [2.75, 3.05) is 5.32 Å². The van der Waals surface area contributed by atoms with E-state index in [1.807, 2.05) is 0 Å². The van der Waals surface area contributed by atoms with Crippen LogP contribution in [-0.2, 0) is 16.1 Å². The Bertz CT molecular complexity index is 302. The highest BCUT2D eigenvalue weighted by molar-refractivity contribution is 5.86. The Morgan fingerprint density at radius 2 is 2.31 bits per heavy atom. The fourth-order valence-electron chi connectivity index (χ4n) is 0.639. The van der Waals surface area contributed by atoms with Crippen LogP contribution in [-0.4, -0.2) is 37.2 Å². The van der Waals surface area contributed by atoms with Crippen molar-refractivity contribution in [3.8, 4) is 0 Å². The summed E-state index contributed by atoms with van der Waals surface area (Å²) in [6.07, 6.45) is 0. The summed E-state index contributed by atoms with van der Waals surface area (Å²) in [6, 6.07) is 0. The molecule has 2 N–H and O–H groups in total. The van der Waals surface area contributed by atoms with Gasteiger partial charge in [0, 0.05) is 6.92 Å². The Kier molecular flexibility index (Phi) is 2.52. The third-order valence-corrected chi connectivity index (χ3v) is 1.02. The fraction of sp³-hybridized carbons (Fsp3) is 0.400. The summed E-state index contributed by atoms with van der Waals surface area (Å²) < 4.78 is 0. The average Bonchev–Trinajstić information content (AvgIpc) is 2.33. The number of carboxylic acids is 1. The Labute approximate surface area is 72.5 Å². The predicted molar refractivity (Wildman–Crippen MR) is 39.8 cm³/mol. The number of hydrogen-bond donors (Lipinski definition) is 2. The first kappa shape index (κ1) is 9.10. The number of nitrogens with zero attached hydrogens (tertiary/aromatic N) is 4. The van der Waals surface area contributed by atoms with Gasteiger partial charge < -0.3 is 5.11 Å². The number of amides is 1. The lowest BCUT2D eigenvalue weighted by Gasteiger charge is -1.91. The standard InChI is InChI=1S/C5H7N5O3/c1-3(11)6-5-7-9-10(8-5)2-4(12)13/h2H2,1H3,(H,12,13)(H,6,8,11). The smallest absolute Gasteiger partial charge is 0.327 e. The van der Waals surface area contributed by atoms with Crippen LogP contribution in [0.3, 0.4) is 0 Å². The van der Waals surface area contributed by atoms with Crippen LogP contribution in [0.15, 0.2) is 0 Å². The van der Waals surface area contributed by atoms with Crippen molar-refractivity contribution in [3.63, 3.8) is 0 Å². The molecule has 8 heteroatoms. The van der Waals surface area contributed by atoms with Gasteiger partial charge in [-0.15, -0.1) is 5.10 Å². The molecular weight excluding hydrogens is 178 g/mol. The molecule has 0 bridgehead atoms. The van der Waals surface area contributed by atoms with Crippen molar-refractivity contribution < 1.29 is 14.7 Å². The summed E-state index contributed by atoms with van der Waals surface area (Å²) in [4.78, 5) is 21.6. The number of carboxylic acid groups (broad SMARTS) is 1. The molecule has 0 spiro atoms. The van der Waals surface area contributed by atoms with Crippen LogP contribution < -0.4 is 5.32 Å². The molecule has 1 rings (SSSR count). The molecule has 13 heavy (non-hydrogen) atoms. The van der Waals surface area contributed by atoms with Gasteiger partial charge in [0.1, 0.15) is 0 Å². The van der Waals surface area contributed by atoms with E-state index in [0.29, 0.717) is 0 Å². The first-order valence-electron chi connectivity index (χ1n) is 3.35. The summed E-state index contributed by atoms with van der Waals surface area (Å²) in [5, 5.41) is 21.0. The van der Waals surface area contributed by atoms with Crippen LogP contribution in [0.4, 0.5) is 5.95 Å². The molecule has 0 atom stereocenters. The number of aromatic nitrogens is 4. The SMILES string of the molecule is CC(=O)Nc1nnn(CC(=O)O)n1. The highest BCUT2D eigenvalue weighted by atomic mass is 16.4. The molecule has 8 nitrogen and oxygen atoms in total. The summed E-state index contributed by atoms with van der Waals surface area (Å²) in [7, 11) is 0. The molecule has 0 saturated heterocycles. The molecule has 1 aromatic heterocycles. The Morgan fingerprint density at radius 1 is 1.62 bits per heavy atom. The number of hydrogen-bond acceptors (Lipinski definition) is 5. The maximum atomic E-state index is 10.5. The number of carbonyl (C=O) groups excluding carboxylic acids is 1. The molecular formula is C5H7N5O3. The molecule has 0 aliphatic carbocycles. The molecule has 0 radical (unpaired) electrons. The molecule has 0 unspecified atom stereocenters. The number of carbonyl (C=O) groups is 2. The zero-order valence-corrected chi connectivity index (χ0v) is 6.76. The minimum atomic E-state index is -1.08. The molecule has 0 saturated carbocycles. The fourth-order valence-corrected chi connectivity index (χ4v) is 0.639. The maximum Gasteiger partial charge on any atom is 0.327 e. The molecule has 1 amide bonds. The maximum absolute atomic E-state index is 10.5. The number of anilines is 1. The van der Waals surface area contributed by atoms with Crippen LogP contribution in [0.2, 0.25) is 0 Å². The van der Waals surface area contributed by atoms with Crippen molar-refractivity contribution in [1.82, 2.24) is 20.2 Å². The van der Waals surface area contributed by atoms with E-state index in [1.165, 1.54) is 6.92 Å². The van der Waals surface area contributed by atoms with Crippen molar-refractivity contribution in [3.05, 3.63) is 0 Å². The lowest BCUT2D eigenvalue weighted by atomic mass is 10.7. The van der Waals surface area contributed by atoms with Crippen LogP contribution in [0, 0.1) is 0 Å². The zero-order valence-electron chi connectivity index (χ0n) is 6.76. The van der Waals surface area contributed by atoms with E-state index in [9.17, 15) is 9.59 Å². The van der Waals surface area contributed by atoms with Gasteiger partial charge in [-0.05, 0) is 5.21 Å². The number of tetrazole rings is 1. The van der Waals surface area contributed by atoms with E-state index in [0.717, 1.165) is 4.80 Å². The van der Waals surface area contributed by atoms with E-state index in [2.05, 4.69) is 20.7 Å². The molecule has 1 aromatic rings. The summed E-state index contributed by atoms with van der Waals surface area (Å²) in [5.41, 5.74) is 0. The van der Waals surface area contributed by atoms with Crippen molar-refractivity contribution in [2.24, 2.45) is 0 Å². The minimum absolute atomic E-state index is 0.00579. The summed E-state index contributed by atoms with van der Waals surface area (Å²) >= 11 is 0. The molecule has 0 fully saturated rings. The highest BCUT2D eigenvalue weighted by Gasteiger charge is 2.05. The van der Waals surface area contributed by atoms with Gasteiger partial charge in [0.25, 0.3) is 5.95 Å². The van der Waals surface area contributed by atoms with E-state index in [-0.39, 0.29) is 18.4 Å². The van der Waals surface area contributed by atoms with Gasteiger partial charge in [0.05, 0.1) is 0 Å². The minimum Gasteiger partial charge on any atom is -0.480 e. The molecule has 0 aromatic carbocycles. The van der Waals surface area contributed by atoms with Crippen LogP contribution >= 0.6 is 0 Å². The second kappa shape index (κ2) is 3.61. The van der Waals surface area contributed by atoms with Gasteiger partial charge in [-0.3, -0.25) is 14.9 Å².